The molecule has 0 saturated heterocycles. The summed E-state index contributed by atoms with van der Waals surface area (Å²) in [6, 6.07) is 0.0463. The zero-order valence-corrected chi connectivity index (χ0v) is 7.47. The van der Waals surface area contributed by atoms with Crippen molar-refractivity contribution in [1.82, 2.24) is 4.41 Å². The van der Waals surface area contributed by atoms with Gasteiger partial charge in [-0.1, -0.05) is 12.8 Å². The SMILES string of the molecule is CS(=O)(=O)N(N)C1CCCC1. The van der Waals surface area contributed by atoms with Gasteiger partial charge in [0.2, 0.25) is 10.0 Å². The minimum absolute atomic E-state index is 0.0463. The van der Waals surface area contributed by atoms with Crippen LogP contribution in [0.25, 0.3) is 0 Å². The predicted molar refractivity (Wildman–Crippen MR) is 43.1 cm³/mol. The second-order valence-corrected chi connectivity index (χ2v) is 4.92. The Balaban J connectivity index is 2.60. The molecule has 0 heterocycles. The van der Waals surface area contributed by atoms with Crippen LogP contribution in [0.2, 0.25) is 0 Å². The summed E-state index contributed by atoms with van der Waals surface area (Å²) in [5.74, 6) is 5.40. The number of sulfonamides is 1. The number of hydrogen-bond donors (Lipinski definition) is 1. The summed E-state index contributed by atoms with van der Waals surface area (Å²) < 4.78 is 22.8. The highest BCUT2D eigenvalue weighted by molar-refractivity contribution is 7.88. The highest BCUT2D eigenvalue weighted by Crippen LogP contribution is 2.22. The van der Waals surface area contributed by atoms with Gasteiger partial charge in [-0.15, -0.1) is 4.41 Å². The quantitative estimate of drug-likeness (QED) is 0.480. The average molecular weight is 178 g/mol. The van der Waals surface area contributed by atoms with Gasteiger partial charge in [-0.05, 0) is 12.8 Å². The van der Waals surface area contributed by atoms with Gasteiger partial charge in [0.1, 0.15) is 0 Å². The van der Waals surface area contributed by atoms with Crippen molar-refractivity contribution in [3.8, 4) is 0 Å². The Kier molecular flexibility index (Phi) is 2.51. The summed E-state index contributed by atoms with van der Waals surface area (Å²) in [5.41, 5.74) is 0. The number of hydrogen-bond acceptors (Lipinski definition) is 3. The van der Waals surface area contributed by atoms with Crippen molar-refractivity contribution < 1.29 is 8.42 Å². The Morgan fingerprint density at radius 3 is 2.18 bits per heavy atom. The maximum atomic E-state index is 10.9. The molecule has 1 rings (SSSR count). The molecule has 0 bridgehead atoms. The van der Waals surface area contributed by atoms with Crippen LogP contribution in [-0.2, 0) is 10.0 Å². The normalized spacial score (nSPS) is 21.4. The van der Waals surface area contributed by atoms with E-state index in [1.54, 1.807) is 0 Å². The smallest absolute Gasteiger partial charge is 0.223 e. The van der Waals surface area contributed by atoms with E-state index in [2.05, 4.69) is 0 Å². The molecule has 0 amide bonds. The summed E-state index contributed by atoms with van der Waals surface area (Å²) in [4.78, 5) is 0. The zero-order chi connectivity index (χ0) is 8.48. The number of nitrogens with two attached hydrogens (primary N) is 1. The molecule has 0 aromatic carbocycles. The van der Waals surface area contributed by atoms with E-state index in [1.807, 2.05) is 0 Å². The maximum Gasteiger partial charge on any atom is 0.223 e. The lowest BCUT2D eigenvalue weighted by molar-refractivity contribution is 0.335. The van der Waals surface area contributed by atoms with Crippen molar-refractivity contribution in [2.24, 2.45) is 5.84 Å². The van der Waals surface area contributed by atoms with E-state index < -0.39 is 10.0 Å². The van der Waals surface area contributed by atoms with E-state index in [1.165, 1.54) is 0 Å². The van der Waals surface area contributed by atoms with Gasteiger partial charge in [-0.25, -0.2) is 8.42 Å². The van der Waals surface area contributed by atoms with Gasteiger partial charge in [0, 0.05) is 6.04 Å². The first kappa shape index (κ1) is 8.96. The highest BCUT2D eigenvalue weighted by Gasteiger charge is 2.25. The Labute approximate surface area is 67.4 Å². The van der Waals surface area contributed by atoms with Gasteiger partial charge in [0.05, 0.1) is 6.26 Å². The minimum Gasteiger partial charge on any atom is -0.255 e. The summed E-state index contributed by atoms with van der Waals surface area (Å²) in [6.07, 6.45) is 5.14. The summed E-state index contributed by atoms with van der Waals surface area (Å²) in [7, 11) is -3.18. The fourth-order valence-electron chi connectivity index (χ4n) is 1.43. The van der Waals surface area contributed by atoms with E-state index >= 15 is 0 Å². The summed E-state index contributed by atoms with van der Waals surface area (Å²) >= 11 is 0. The van der Waals surface area contributed by atoms with Crippen LogP contribution in [0.15, 0.2) is 0 Å². The molecule has 11 heavy (non-hydrogen) atoms. The van der Waals surface area contributed by atoms with Crippen molar-refractivity contribution in [2.45, 2.75) is 31.7 Å². The van der Waals surface area contributed by atoms with Crippen molar-refractivity contribution in [3.05, 3.63) is 0 Å². The second-order valence-electron chi connectivity index (χ2n) is 3.03. The van der Waals surface area contributed by atoms with Crippen LogP contribution in [-0.4, -0.2) is 25.1 Å². The Morgan fingerprint density at radius 1 is 1.36 bits per heavy atom. The minimum atomic E-state index is -3.18. The monoisotopic (exact) mass is 178 g/mol. The van der Waals surface area contributed by atoms with E-state index in [9.17, 15) is 8.42 Å². The van der Waals surface area contributed by atoms with Crippen LogP contribution in [0.5, 0.6) is 0 Å². The molecular weight excluding hydrogens is 164 g/mol. The summed E-state index contributed by atoms with van der Waals surface area (Å²) in [6.45, 7) is 0. The first-order chi connectivity index (χ1) is 5.02. The van der Waals surface area contributed by atoms with Gasteiger partial charge >= 0.3 is 0 Å². The molecule has 0 unspecified atom stereocenters. The maximum absolute atomic E-state index is 10.9. The standard InChI is InChI=1S/C6H14N2O2S/c1-11(9,10)8(7)6-4-2-3-5-6/h6H,2-5,7H2,1H3. The van der Waals surface area contributed by atoms with Gasteiger partial charge in [-0.2, -0.15) is 0 Å². The molecule has 1 aliphatic rings. The van der Waals surface area contributed by atoms with Crippen molar-refractivity contribution >= 4 is 10.0 Å². The molecule has 5 heteroatoms. The molecule has 0 atom stereocenters. The molecule has 0 spiro atoms. The molecular formula is C6H14N2O2S. The zero-order valence-electron chi connectivity index (χ0n) is 6.66. The topological polar surface area (TPSA) is 63.4 Å². The van der Waals surface area contributed by atoms with Crippen LogP contribution in [0.3, 0.4) is 0 Å². The van der Waals surface area contributed by atoms with Crippen LogP contribution >= 0.6 is 0 Å². The van der Waals surface area contributed by atoms with Gasteiger partial charge < -0.3 is 0 Å². The van der Waals surface area contributed by atoms with E-state index in [0.29, 0.717) is 0 Å². The van der Waals surface area contributed by atoms with E-state index in [-0.39, 0.29) is 6.04 Å². The Hall–Kier alpha value is -0.130. The lowest BCUT2D eigenvalue weighted by Crippen LogP contribution is -2.43. The van der Waals surface area contributed by atoms with Crippen molar-refractivity contribution in [3.63, 3.8) is 0 Å². The molecule has 0 radical (unpaired) electrons. The van der Waals surface area contributed by atoms with E-state index in [4.69, 9.17) is 5.84 Å². The molecule has 0 aliphatic heterocycles. The molecule has 1 saturated carbocycles. The molecule has 0 aromatic heterocycles. The van der Waals surface area contributed by atoms with Gasteiger partial charge in [-0.3, -0.25) is 5.84 Å². The molecule has 0 aromatic rings. The van der Waals surface area contributed by atoms with E-state index in [0.717, 1.165) is 36.4 Å². The first-order valence-electron chi connectivity index (χ1n) is 3.76. The fraction of sp³-hybridized carbons (Fsp3) is 1.00. The number of rotatable bonds is 2. The lowest BCUT2D eigenvalue weighted by atomic mass is 10.3. The van der Waals surface area contributed by atoms with Crippen molar-refractivity contribution in [1.29, 1.82) is 0 Å². The third-order valence-electron chi connectivity index (χ3n) is 2.07. The average Bonchev–Trinajstić information content (AvgIpc) is 2.34. The van der Waals surface area contributed by atoms with Crippen molar-refractivity contribution in [2.75, 3.05) is 6.26 Å². The first-order valence-corrected chi connectivity index (χ1v) is 5.61. The number of nitrogens with zero attached hydrogens (tertiary/aromatic N) is 1. The second kappa shape index (κ2) is 3.08. The van der Waals surface area contributed by atoms with Crippen LogP contribution in [0.4, 0.5) is 0 Å². The van der Waals surface area contributed by atoms with Gasteiger partial charge in [0.25, 0.3) is 0 Å². The third kappa shape index (κ3) is 2.15. The van der Waals surface area contributed by atoms with Crippen LogP contribution < -0.4 is 5.84 Å². The molecule has 2 N–H and O–H groups in total. The van der Waals surface area contributed by atoms with Crippen LogP contribution in [0, 0.1) is 0 Å². The largest absolute Gasteiger partial charge is 0.255 e. The third-order valence-corrected chi connectivity index (χ3v) is 3.13. The number of hydrazine groups is 1. The molecule has 1 aliphatic carbocycles. The molecule has 4 nitrogen and oxygen atoms in total. The van der Waals surface area contributed by atoms with Crippen LogP contribution in [0.1, 0.15) is 25.7 Å². The van der Waals surface area contributed by atoms with Gasteiger partial charge in [0.15, 0.2) is 0 Å². The molecule has 66 valence electrons. The fourth-order valence-corrected chi connectivity index (χ4v) is 2.18. The Morgan fingerprint density at radius 2 is 1.82 bits per heavy atom. The molecule has 1 fully saturated rings. The summed E-state index contributed by atoms with van der Waals surface area (Å²) in [5, 5.41) is 0. The lowest BCUT2D eigenvalue weighted by Gasteiger charge is -2.20. The highest BCUT2D eigenvalue weighted by atomic mass is 32.2. The predicted octanol–water partition coefficient (Wildman–Crippen LogP) is 0.0643. The Bertz CT molecular complexity index is 219.